The van der Waals surface area contributed by atoms with Crippen LogP contribution in [0.2, 0.25) is 0 Å². The Morgan fingerprint density at radius 1 is 1.05 bits per heavy atom. The number of rotatable bonds is 7. The van der Waals surface area contributed by atoms with Gasteiger partial charge >= 0.3 is 0 Å². The van der Waals surface area contributed by atoms with Crippen LogP contribution in [-0.4, -0.2) is 34.0 Å². The zero-order chi connectivity index (χ0) is 15.3. The van der Waals surface area contributed by atoms with Gasteiger partial charge in [-0.25, -0.2) is 13.6 Å². The Labute approximate surface area is 132 Å². The molecule has 2 aromatic rings. The van der Waals surface area contributed by atoms with E-state index in [4.69, 9.17) is 14.6 Å². The molecule has 0 spiro atoms. The second-order valence-electron chi connectivity index (χ2n) is 4.43. The van der Waals surface area contributed by atoms with Gasteiger partial charge in [-0.2, -0.15) is 0 Å². The molecule has 0 amide bonds. The number of hydrogen-bond donors (Lipinski definition) is 1. The van der Waals surface area contributed by atoms with E-state index in [9.17, 15) is 8.42 Å². The van der Waals surface area contributed by atoms with Crippen LogP contribution in [0, 0.1) is 0 Å². The lowest BCUT2D eigenvalue weighted by Crippen LogP contribution is -2.21. The van der Waals surface area contributed by atoms with E-state index in [-0.39, 0.29) is 12.4 Å². The van der Waals surface area contributed by atoms with Crippen molar-refractivity contribution in [3.05, 3.63) is 40.9 Å². The molecular weight excluding hydrogens is 358 g/mol. The van der Waals surface area contributed by atoms with Gasteiger partial charge in [-0.05, 0) is 32.8 Å². The Hall–Kier alpha value is -1.15. The number of nitrogens with two attached hydrogens (primary N) is 1. The van der Waals surface area contributed by atoms with Crippen LogP contribution >= 0.6 is 15.9 Å². The molecule has 0 fully saturated rings. The summed E-state index contributed by atoms with van der Waals surface area (Å²) >= 11 is 3.53. The molecular formula is C14H16BrNO4S. The molecule has 21 heavy (non-hydrogen) atoms. The zero-order valence-corrected chi connectivity index (χ0v) is 13.7. The van der Waals surface area contributed by atoms with Gasteiger partial charge in [-0.3, -0.25) is 0 Å². The first-order valence-corrected chi connectivity index (χ1v) is 8.86. The predicted octanol–water partition coefficient (Wildman–Crippen LogP) is 2.29. The largest absolute Gasteiger partial charge is 0.490 e. The topological polar surface area (TPSA) is 78.6 Å². The maximum atomic E-state index is 10.7. The van der Waals surface area contributed by atoms with E-state index in [1.165, 1.54) is 0 Å². The number of sulfonamides is 1. The van der Waals surface area contributed by atoms with Gasteiger partial charge in [0.25, 0.3) is 0 Å². The van der Waals surface area contributed by atoms with E-state index in [1.54, 1.807) is 0 Å². The molecule has 0 heterocycles. The van der Waals surface area contributed by atoms with Crippen molar-refractivity contribution in [2.45, 2.75) is 0 Å². The summed E-state index contributed by atoms with van der Waals surface area (Å²) in [6.07, 6.45) is 0. The van der Waals surface area contributed by atoms with Gasteiger partial charge in [0.05, 0.1) is 23.4 Å². The second-order valence-corrected chi connectivity index (χ2v) is 6.95. The highest BCUT2D eigenvalue weighted by Crippen LogP contribution is 2.32. The molecule has 2 rings (SSSR count). The van der Waals surface area contributed by atoms with Crippen molar-refractivity contribution in [2.24, 2.45) is 5.14 Å². The highest BCUT2D eigenvalue weighted by atomic mass is 79.9. The molecule has 0 atom stereocenters. The van der Waals surface area contributed by atoms with E-state index in [0.717, 1.165) is 21.0 Å². The van der Waals surface area contributed by atoms with Crippen molar-refractivity contribution in [1.82, 2.24) is 0 Å². The minimum atomic E-state index is -3.47. The molecule has 0 radical (unpaired) electrons. The summed E-state index contributed by atoms with van der Waals surface area (Å²) in [5, 5.41) is 7.07. The summed E-state index contributed by atoms with van der Waals surface area (Å²) in [4.78, 5) is 0. The fourth-order valence-electron chi connectivity index (χ4n) is 1.81. The first-order valence-electron chi connectivity index (χ1n) is 6.35. The lowest BCUT2D eigenvalue weighted by Gasteiger charge is -2.10. The number of hydrogen-bond acceptors (Lipinski definition) is 4. The number of halogens is 1. The average molecular weight is 374 g/mol. The van der Waals surface area contributed by atoms with Gasteiger partial charge in [0.2, 0.25) is 10.0 Å². The molecule has 0 aromatic heterocycles. The van der Waals surface area contributed by atoms with Crippen molar-refractivity contribution in [3.8, 4) is 5.75 Å². The Morgan fingerprint density at radius 3 is 2.57 bits per heavy atom. The van der Waals surface area contributed by atoms with Crippen LogP contribution in [0.3, 0.4) is 0 Å². The van der Waals surface area contributed by atoms with Crippen molar-refractivity contribution in [3.63, 3.8) is 0 Å². The highest BCUT2D eigenvalue weighted by molar-refractivity contribution is 9.10. The van der Waals surface area contributed by atoms with E-state index in [0.29, 0.717) is 13.2 Å². The molecule has 7 heteroatoms. The zero-order valence-electron chi connectivity index (χ0n) is 11.3. The molecule has 2 aromatic carbocycles. The fourth-order valence-corrected chi connectivity index (χ4v) is 2.77. The Bertz CT molecular complexity index is 718. The molecule has 2 N–H and O–H groups in total. The first kappa shape index (κ1) is 16.2. The molecule has 0 saturated carbocycles. The molecule has 0 aliphatic carbocycles. The van der Waals surface area contributed by atoms with Gasteiger partial charge in [0.1, 0.15) is 12.4 Å². The summed E-state index contributed by atoms with van der Waals surface area (Å²) in [7, 11) is -3.47. The average Bonchev–Trinajstić information content (AvgIpc) is 2.44. The van der Waals surface area contributed by atoms with Crippen LogP contribution in [0.25, 0.3) is 10.8 Å². The molecule has 0 saturated heterocycles. The normalized spacial score (nSPS) is 11.7. The van der Waals surface area contributed by atoms with Gasteiger partial charge in [-0.1, -0.05) is 30.3 Å². The van der Waals surface area contributed by atoms with E-state index in [1.807, 2.05) is 36.4 Å². The van der Waals surface area contributed by atoms with Crippen LogP contribution in [0.1, 0.15) is 0 Å². The molecule has 0 unspecified atom stereocenters. The van der Waals surface area contributed by atoms with Crippen LogP contribution < -0.4 is 9.88 Å². The van der Waals surface area contributed by atoms with Crippen molar-refractivity contribution in [2.75, 3.05) is 25.6 Å². The van der Waals surface area contributed by atoms with Crippen LogP contribution in [0.5, 0.6) is 5.75 Å². The summed E-state index contributed by atoms with van der Waals surface area (Å²) in [5.74, 6) is 0.538. The third kappa shape index (κ3) is 4.96. The van der Waals surface area contributed by atoms with Crippen molar-refractivity contribution < 1.29 is 17.9 Å². The molecule has 114 valence electrons. The monoisotopic (exact) mass is 373 g/mol. The number of benzene rings is 2. The summed E-state index contributed by atoms with van der Waals surface area (Å²) in [5.41, 5.74) is 0. The third-order valence-electron chi connectivity index (χ3n) is 2.83. The summed E-state index contributed by atoms with van der Waals surface area (Å²) in [6, 6.07) is 11.9. The number of primary sulfonamides is 1. The minimum Gasteiger partial charge on any atom is -0.490 e. The molecule has 0 aliphatic heterocycles. The molecule has 0 aliphatic rings. The van der Waals surface area contributed by atoms with E-state index < -0.39 is 10.0 Å². The Morgan fingerprint density at radius 2 is 1.81 bits per heavy atom. The summed E-state index contributed by atoms with van der Waals surface area (Å²) < 4.78 is 33.1. The molecule has 0 bridgehead atoms. The standard InChI is InChI=1S/C14H16BrNO4S/c15-14-12-4-2-1-3-11(12)5-6-13(14)20-8-7-19-9-10-21(16,17)18/h1-6H,7-10H2,(H2,16,17,18). The fraction of sp³-hybridized carbons (Fsp3) is 0.286. The van der Waals surface area contributed by atoms with Gasteiger partial charge in [-0.15, -0.1) is 0 Å². The SMILES string of the molecule is NS(=O)(=O)CCOCCOc1ccc2ccccc2c1Br. The number of ether oxygens (including phenoxy) is 2. The Balaban J connectivity index is 1.85. The first-order chi connectivity index (χ1) is 9.97. The van der Waals surface area contributed by atoms with Crippen LogP contribution in [-0.2, 0) is 14.8 Å². The van der Waals surface area contributed by atoms with Crippen LogP contribution in [0.15, 0.2) is 40.9 Å². The van der Waals surface area contributed by atoms with Gasteiger partial charge in [0, 0.05) is 0 Å². The minimum absolute atomic E-state index is 0.0705. The maximum absolute atomic E-state index is 10.7. The van der Waals surface area contributed by atoms with Crippen molar-refractivity contribution in [1.29, 1.82) is 0 Å². The highest BCUT2D eigenvalue weighted by Gasteiger charge is 2.06. The van der Waals surface area contributed by atoms with Crippen LogP contribution in [0.4, 0.5) is 0 Å². The smallest absolute Gasteiger partial charge is 0.211 e. The lowest BCUT2D eigenvalue weighted by atomic mass is 10.1. The quantitative estimate of drug-likeness (QED) is 0.755. The van der Waals surface area contributed by atoms with Gasteiger partial charge in [0.15, 0.2) is 0 Å². The van der Waals surface area contributed by atoms with Gasteiger partial charge < -0.3 is 9.47 Å². The Kier molecular flexibility index (Phi) is 5.58. The lowest BCUT2D eigenvalue weighted by molar-refractivity contribution is 0.111. The molecule has 5 nitrogen and oxygen atoms in total. The van der Waals surface area contributed by atoms with E-state index >= 15 is 0 Å². The maximum Gasteiger partial charge on any atom is 0.211 e. The van der Waals surface area contributed by atoms with E-state index in [2.05, 4.69) is 15.9 Å². The number of fused-ring (bicyclic) bond motifs is 1. The van der Waals surface area contributed by atoms with Crippen molar-refractivity contribution >= 4 is 36.7 Å². The second kappa shape index (κ2) is 7.22. The third-order valence-corrected chi connectivity index (χ3v) is 4.38. The predicted molar refractivity (Wildman–Crippen MR) is 85.9 cm³/mol. The summed E-state index contributed by atoms with van der Waals surface area (Å²) in [6.45, 7) is 0.706.